The molecule has 1 fully saturated rings. The van der Waals surface area contributed by atoms with Gasteiger partial charge in [0.2, 0.25) is 0 Å². The molecule has 2 rings (SSSR count). The van der Waals surface area contributed by atoms with Crippen molar-refractivity contribution in [3.63, 3.8) is 0 Å². The molecule has 84 valence electrons. The van der Waals surface area contributed by atoms with E-state index in [2.05, 4.69) is 0 Å². The van der Waals surface area contributed by atoms with Crippen LogP contribution in [0.1, 0.15) is 27.2 Å². The van der Waals surface area contributed by atoms with Gasteiger partial charge in [-0.3, -0.25) is 4.79 Å². The minimum atomic E-state index is -0.626. The summed E-state index contributed by atoms with van der Waals surface area (Å²) in [5.74, 6) is 0.279. The lowest BCUT2D eigenvalue weighted by molar-refractivity contribution is -0.482. The normalized spacial score (nSPS) is 40.7. The van der Waals surface area contributed by atoms with Crippen molar-refractivity contribution in [3.05, 3.63) is 12.2 Å². The van der Waals surface area contributed by atoms with Crippen molar-refractivity contribution in [2.75, 3.05) is 0 Å². The highest BCUT2D eigenvalue weighted by atomic mass is 17.2. The molecule has 1 aliphatic carbocycles. The first-order valence-corrected chi connectivity index (χ1v) is 5.23. The molecule has 4 heteroatoms. The summed E-state index contributed by atoms with van der Waals surface area (Å²) in [6, 6.07) is 0. The van der Waals surface area contributed by atoms with Gasteiger partial charge in [0.25, 0.3) is 0 Å². The summed E-state index contributed by atoms with van der Waals surface area (Å²) in [4.78, 5) is 21.8. The lowest BCUT2D eigenvalue weighted by Crippen LogP contribution is -2.53. The highest BCUT2D eigenvalue weighted by Gasteiger charge is 2.45. The third-order valence-electron chi connectivity index (χ3n) is 2.79. The largest absolute Gasteiger partial charge is 0.342 e. The Hall–Kier alpha value is -0.710. The Morgan fingerprint density at radius 1 is 1.53 bits per heavy atom. The molecule has 0 radical (unpaired) electrons. The van der Waals surface area contributed by atoms with E-state index in [-0.39, 0.29) is 24.1 Å². The third kappa shape index (κ3) is 1.97. The van der Waals surface area contributed by atoms with Crippen LogP contribution in [0.2, 0.25) is 0 Å². The molecule has 0 spiro atoms. The second-order valence-electron chi connectivity index (χ2n) is 4.60. The van der Waals surface area contributed by atoms with Crippen LogP contribution < -0.4 is 0 Å². The van der Waals surface area contributed by atoms with Gasteiger partial charge in [-0.2, -0.15) is 0 Å². The van der Waals surface area contributed by atoms with Crippen LogP contribution >= 0.6 is 0 Å². The number of ketones is 1. The highest BCUT2D eigenvalue weighted by molar-refractivity contribution is 5.91. The van der Waals surface area contributed by atoms with E-state index < -0.39 is 5.60 Å². The molecule has 1 saturated heterocycles. The molecule has 3 atom stereocenters. The van der Waals surface area contributed by atoms with E-state index in [0.29, 0.717) is 6.42 Å². The number of ether oxygens (including phenoxy) is 1. The van der Waals surface area contributed by atoms with Crippen molar-refractivity contribution in [1.29, 1.82) is 0 Å². The second-order valence-corrected chi connectivity index (χ2v) is 4.60. The summed E-state index contributed by atoms with van der Waals surface area (Å²) in [7, 11) is 0. The van der Waals surface area contributed by atoms with Crippen LogP contribution in [0.15, 0.2) is 12.2 Å². The Labute approximate surface area is 89.1 Å². The van der Waals surface area contributed by atoms with Crippen molar-refractivity contribution in [2.45, 2.75) is 45.2 Å². The molecule has 0 saturated carbocycles. The van der Waals surface area contributed by atoms with Crippen molar-refractivity contribution in [1.82, 2.24) is 0 Å². The van der Waals surface area contributed by atoms with Crippen molar-refractivity contribution < 1.29 is 19.3 Å². The standard InChI is InChI=1S/C11H16O4/c1-7(2)10-13-9-6-8(12)4-5-11(9,3)15-14-10/h4-5,7,9-10H,6H2,1-3H3/t9-,10-,11+/m0/s1. The number of allylic oxidation sites excluding steroid dienone is 1. The van der Waals surface area contributed by atoms with Gasteiger partial charge in [-0.15, -0.1) is 0 Å². The fraction of sp³-hybridized carbons (Fsp3) is 0.727. The van der Waals surface area contributed by atoms with E-state index in [9.17, 15) is 4.79 Å². The fourth-order valence-electron chi connectivity index (χ4n) is 1.69. The molecule has 0 bridgehead atoms. The summed E-state index contributed by atoms with van der Waals surface area (Å²) < 4.78 is 5.71. The average molecular weight is 212 g/mol. The zero-order chi connectivity index (χ0) is 11.1. The van der Waals surface area contributed by atoms with Gasteiger partial charge in [-0.05, 0) is 19.1 Å². The Bertz CT molecular complexity index is 297. The van der Waals surface area contributed by atoms with Gasteiger partial charge in [0.1, 0.15) is 11.7 Å². The van der Waals surface area contributed by atoms with Crippen LogP contribution in [-0.4, -0.2) is 23.8 Å². The minimum Gasteiger partial charge on any atom is -0.342 e. The maximum absolute atomic E-state index is 11.3. The van der Waals surface area contributed by atoms with E-state index >= 15 is 0 Å². The smallest absolute Gasteiger partial charge is 0.193 e. The molecule has 0 aromatic heterocycles. The zero-order valence-electron chi connectivity index (χ0n) is 9.23. The first-order valence-electron chi connectivity index (χ1n) is 5.23. The first-order chi connectivity index (χ1) is 7.01. The van der Waals surface area contributed by atoms with Crippen LogP contribution in [-0.2, 0) is 19.3 Å². The van der Waals surface area contributed by atoms with Gasteiger partial charge < -0.3 is 4.74 Å². The topological polar surface area (TPSA) is 44.8 Å². The number of hydrogen-bond acceptors (Lipinski definition) is 4. The van der Waals surface area contributed by atoms with E-state index in [4.69, 9.17) is 14.5 Å². The summed E-state index contributed by atoms with van der Waals surface area (Å²) >= 11 is 0. The first kappa shape index (κ1) is 10.8. The third-order valence-corrected chi connectivity index (χ3v) is 2.79. The van der Waals surface area contributed by atoms with E-state index in [1.807, 2.05) is 20.8 Å². The zero-order valence-corrected chi connectivity index (χ0v) is 9.23. The lowest BCUT2D eigenvalue weighted by atomic mass is 9.88. The molecule has 1 aliphatic heterocycles. The number of rotatable bonds is 1. The summed E-state index contributed by atoms with van der Waals surface area (Å²) in [5, 5.41) is 0. The molecule has 0 aromatic carbocycles. The Balaban J connectivity index is 2.14. The van der Waals surface area contributed by atoms with Gasteiger partial charge in [-0.1, -0.05) is 13.8 Å². The van der Waals surface area contributed by atoms with E-state index in [0.717, 1.165) is 0 Å². The number of hydrogen-bond donors (Lipinski definition) is 0. The van der Waals surface area contributed by atoms with Crippen molar-refractivity contribution >= 4 is 5.78 Å². The number of carbonyl (C=O) groups excluding carboxylic acids is 1. The predicted octanol–water partition coefficient (Wildman–Crippen LogP) is 1.60. The average Bonchev–Trinajstić information content (AvgIpc) is 2.18. The van der Waals surface area contributed by atoms with Crippen LogP contribution in [0.25, 0.3) is 0 Å². The van der Waals surface area contributed by atoms with Gasteiger partial charge in [0.05, 0.1) is 0 Å². The summed E-state index contributed by atoms with van der Waals surface area (Å²) in [6.07, 6.45) is 2.97. The van der Waals surface area contributed by atoms with Gasteiger partial charge in [-0.25, -0.2) is 9.78 Å². The quantitative estimate of drug-likeness (QED) is 0.619. The molecule has 1 heterocycles. The molecule has 0 aromatic rings. The van der Waals surface area contributed by atoms with Gasteiger partial charge in [0.15, 0.2) is 12.1 Å². The molecular formula is C11H16O4. The maximum Gasteiger partial charge on any atom is 0.193 e. The highest BCUT2D eigenvalue weighted by Crippen LogP contribution is 2.34. The SMILES string of the molecule is CC(C)[C@@H]1OO[C@]2(C)C=CC(=O)C[C@@H]2O1. The number of carbonyl (C=O) groups is 1. The van der Waals surface area contributed by atoms with Gasteiger partial charge >= 0.3 is 0 Å². The Morgan fingerprint density at radius 2 is 2.27 bits per heavy atom. The lowest BCUT2D eigenvalue weighted by Gasteiger charge is -2.43. The molecule has 0 amide bonds. The Morgan fingerprint density at radius 3 is 2.93 bits per heavy atom. The van der Waals surface area contributed by atoms with E-state index in [1.165, 1.54) is 6.08 Å². The summed E-state index contributed by atoms with van der Waals surface area (Å²) in [5.41, 5.74) is -0.626. The van der Waals surface area contributed by atoms with Crippen LogP contribution in [0.4, 0.5) is 0 Å². The van der Waals surface area contributed by atoms with Crippen LogP contribution in [0, 0.1) is 5.92 Å². The van der Waals surface area contributed by atoms with E-state index in [1.54, 1.807) is 6.08 Å². The van der Waals surface area contributed by atoms with Crippen molar-refractivity contribution in [2.24, 2.45) is 5.92 Å². The molecule has 4 nitrogen and oxygen atoms in total. The molecule has 0 unspecified atom stereocenters. The van der Waals surface area contributed by atoms with Gasteiger partial charge in [0, 0.05) is 12.3 Å². The van der Waals surface area contributed by atoms with Crippen molar-refractivity contribution in [3.8, 4) is 0 Å². The fourth-order valence-corrected chi connectivity index (χ4v) is 1.69. The monoisotopic (exact) mass is 212 g/mol. The van der Waals surface area contributed by atoms with Crippen LogP contribution in [0.5, 0.6) is 0 Å². The van der Waals surface area contributed by atoms with Crippen LogP contribution in [0.3, 0.4) is 0 Å². The second kappa shape index (κ2) is 3.70. The molecule has 0 N–H and O–H groups in total. The molecule has 2 aliphatic rings. The molecule has 15 heavy (non-hydrogen) atoms. The minimum absolute atomic E-state index is 0.0745. The number of fused-ring (bicyclic) bond motifs is 1. The predicted molar refractivity (Wildman–Crippen MR) is 52.8 cm³/mol. The molecular weight excluding hydrogens is 196 g/mol. The summed E-state index contributed by atoms with van der Waals surface area (Å²) in [6.45, 7) is 5.82. The Kier molecular flexibility index (Phi) is 2.66. The maximum atomic E-state index is 11.3.